The van der Waals surface area contributed by atoms with Gasteiger partial charge in [0.05, 0.1) is 18.2 Å². The number of ketones is 1. The van der Waals surface area contributed by atoms with Crippen LogP contribution in [0.25, 0.3) is 5.76 Å². The summed E-state index contributed by atoms with van der Waals surface area (Å²) >= 11 is 0. The fourth-order valence-corrected chi connectivity index (χ4v) is 4.28. The molecule has 3 aromatic rings. The monoisotopic (exact) mass is 484 g/mol. The van der Waals surface area contributed by atoms with E-state index in [-0.39, 0.29) is 17.9 Å². The van der Waals surface area contributed by atoms with Gasteiger partial charge in [-0.15, -0.1) is 0 Å². The van der Waals surface area contributed by atoms with Crippen molar-refractivity contribution in [3.8, 4) is 11.5 Å². The lowest BCUT2D eigenvalue weighted by Crippen LogP contribution is -2.29. The molecule has 2 aromatic carbocycles. The van der Waals surface area contributed by atoms with Crippen LogP contribution in [-0.4, -0.2) is 39.9 Å². The summed E-state index contributed by atoms with van der Waals surface area (Å²) in [5.41, 5.74) is 2.68. The second kappa shape index (κ2) is 10.9. The van der Waals surface area contributed by atoms with Gasteiger partial charge in [-0.25, -0.2) is 0 Å². The van der Waals surface area contributed by atoms with Gasteiger partial charge in [-0.05, 0) is 66.9 Å². The number of hydrogen-bond acceptors (Lipinski definition) is 6. The molecule has 36 heavy (non-hydrogen) atoms. The van der Waals surface area contributed by atoms with E-state index in [0.717, 1.165) is 11.1 Å². The molecular weight excluding hydrogens is 456 g/mol. The number of pyridine rings is 1. The Labute approximate surface area is 210 Å². The number of ether oxygens (including phenoxy) is 2. The van der Waals surface area contributed by atoms with Crippen LogP contribution in [0.4, 0.5) is 0 Å². The van der Waals surface area contributed by atoms with Gasteiger partial charge in [0.15, 0.2) is 0 Å². The lowest BCUT2D eigenvalue weighted by molar-refractivity contribution is -0.140. The molecule has 7 nitrogen and oxygen atoms in total. The predicted molar refractivity (Wildman–Crippen MR) is 137 cm³/mol. The van der Waals surface area contributed by atoms with Gasteiger partial charge in [0.1, 0.15) is 23.9 Å². The summed E-state index contributed by atoms with van der Waals surface area (Å²) in [6.07, 6.45) is 4.95. The summed E-state index contributed by atoms with van der Waals surface area (Å²) in [5.74, 6) is -0.345. The minimum atomic E-state index is -0.787. The van der Waals surface area contributed by atoms with Crippen LogP contribution < -0.4 is 9.47 Å². The summed E-state index contributed by atoms with van der Waals surface area (Å²) in [6, 6.07) is 15.2. The van der Waals surface area contributed by atoms with Gasteiger partial charge < -0.3 is 19.5 Å². The minimum Gasteiger partial charge on any atom is -0.507 e. The van der Waals surface area contributed by atoms with Gasteiger partial charge in [-0.3, -0.25) is 14.6 Å². The number of carbonyl (C=O) groups excluding carboxylic acids is 2. The van der Waals surface area contributed by atoms with Crippen LogP contribution in [0, 0.1) is 6.92 Å². The van der Waals surface area contributed by atoms with Crippen LogP contribution in [0.1, 0.15) is 35.2 Å². The Balaban J connectivity index is 1.81. The number of carbonyl (C=O) groups is 2. The van der Waals surface area contributed by atoms with Crippen LogP contribution >= 0.6 is 0 Å². The van der Waals surface area contributed by atoms with E-state index in [2.05, 4.69) is 11.6 Å². The number of likely N-dealkylation sites (tertiary alicyclic amines) is 1. The molecule has 0 aliphatic carbocycles. The molecule has 1 amide bonds. The largest absolute Gasteiger partial charge is 0.507 e. The van der Waals surface area contributed by atoms with Crippen LogP contribution in [-0.2, 0) is 16.1 Å². The van der Waals surface area contributed by atoms with Crippen molar-refractivity contribution in [3.63, 3.8) is 0 Å². The van der Waals surface area contributed by atoms with Gasteiger partial charge in [-0.2, -0.15) is 0 Å². The lowest BCUT2D eigenvalue weighted by atomic mass is 9.93. The zero-order chi connectivity index (χ0) is 25.7. The standard InChI is InChI=1S/C29H28N2O5/c1-4-15-36-22-10-8-21(9-11-22)26-25(27(32)24-13-12-23(35-5-2)16-19(24)3)28(33)29(34)31(26)18-20-7-6-14-30-17-20/h4,6-14,16-17,26,32H,1,5,15,18H2,2-3H3/t26-/m0/s1. The molecule has 184 valence electrons. The summed E-state index contributed by atoms with van der Waals surface area (Å²) in [6.45, 7) is 8.39. The lowest BCUT2D eigenvalue weighted by Gasteiger charge is -2.25. The van der Waals surface area contributed by atoms with Crippen molar-refractivity contribution in [1.82, 2.24) is 9.88 Å². The Morgan fingerprint density at radius 2 is 1.86 bits per heavy atom. The second-order valence-electron chi connectivity index (χ2n) is 8.37. The quantitative estimate of drug-likeness (QED) is 0.200. The van der Waals surface area contributed by atoms with Crippen LogP contribution in [0.3, 0.4) is 0 Å². The molecule has 1 N–H and O–H groups in total. The fraction of sp³-hybridized carbons (Fsp3) is 0.207. The third kappa shape index (κ3) is 5.00. The molecule has 7 heteroatoms. The van der Waals surface area contributed by atoms with Crippen molar-refractivity contribution in [1.29, 1.82) is 0 Å². The highest BCUT2D eigenvalue weighted by Crippen LogP contribution is 2.41. The maximum absolute atomic E-state index is 13.3. The number of Topliss-reactive ketones (excluding diaryl/α,β-unsaturated/α-hetero) is 1. The molecule has 0 bridgehead atoms. The van der Waals surface area contributed by atoms with Gasteiger partial charge >= 0.3 is 0 Å². The Hall–Kier alpha value is -4.39. The molecule has 1 atom stereocenters. The normalized spacial score (nSPS) is 16.7. The Kier molecular flexibility index (Phi) is 7.49. The van der Waals surface area contributed by atoms with Crippen molar-refractivity contribution in [2.45, 2.75) is 26.4 Å². The molecule has 4 rings (SSSR count). The zero-order valence-electron chi connectivity index (χ0n) is 20.3. The van der Waals surface area contributed by atoms with Gasteiger partial charge in [-0.1, -0.05) is 30.9 Å². The van der Waals surface area contributed by atoms with E-state index >= 15 is 0 Å². The van der Waals surface area contributed by atoms with Crippen molar-refractivity contribution in [2.24, 2.45) is 0 Å². The number of amides is 1. The van der Waals surface area contributed by atoms with Crippen molar-refractivity contribution in [2.75, 3.05) is 13.2 Å². The first-order valence-electron chi connectivity index (χ1n) is 11.7. The van der Waals surface area contributed by atoms with Crippen LogP contribution in [0.2, 0.25) is 0 Å². The van der Waals surface area contributed by atoms with E-state index in [9.17, 15) is 14.7 Å². The number of rotatable bonds is 9. The predicted octanol–water partition coefficient (Wildman–Crippen LogP) is 4.98. The second-order valence-corrected chi connectivity index (χ2v) is 8.37. The minimum absolute atomic E-state index is 0.0379. The number of aryl methyl sites for hydroxylation is 1. The average Bonchev–Trinajstić information content (AvgIpc) is 3.13. The van der Waals surface area contributed by atoms with E-state index in [1.165, 1.54) is 4.90 Å². The van der Waals surface area contributed by atoms with Crippen LogP contribution in [0.15, 0.2) is 85.2 Å². The number of aliphatic hydroxyl groups excluding tert-OH is 1. The summed E-state index contributed by atoms with van der Waals surface area (Å²) in [7, 11) is 0. The maximum atomic E-state index is 13.3. The number of nitrogens with zero attached hydrogens (tertiary/aromatic N) is 2. The van der Waals surface area contributed by atoms with E-state index in [1.54, 1.807) is 67.0 Å². The molecular formula is C29H28N2O5. The molecule has 1 saturated heterocycles. The maximum Gasteiger partial charge on any atom is 0.295 e. The third-order valence-electron chi connectivity index (χ3n) is 5.94. The first kappa shape index (κ1) is 24.7. The first-order chi connectivity index (χ1) is 17.4. The molecule has 1 aliphatic rings. The van der Waals surface area contributed by atoms with Crippen molar-refractivity contribution >= 4 is 17.4 Å². The number of aromatic nitrogens is 1. The summed E-state index contributed by atoms with van der Waals surface area (Å²) < 4.78 is 11.1. The SMILES string of the molecule is C=CCOc1ccc([C@H]2C(=C(O)c3ccc(OCC)cc3C)C(=O)C(=O)N2Cc2cccnc2)cc1. The number of benzene rings is 2. The Morgan fingerprint density at radius 3 is 2.50 bits per heavy atom. The van der Waals surface area contributed by atoms with E-state index in [0.29, 0.717) is 35.8 Å². The highest BCUT2D eigenvalue weighted by Gasteiger charge is 2.46. The highest BCUT2D eigenvalue weighted by molar-refractivity contribution is 6.46. The van der Waals surface area contributed by atoms with Crippen molar-refractivity contribution < 1.29 is 24.2 Å². The molecule has 0 spiro atoms. The Morgan fingerprint density at radius 1 is 1.11 bits per heavy atom. The smallest absolute Gasteiger partial charge is 0.295 e. The van der Waals surface area contributed by atoms with E-state index in [4.69, 9.17) is 9.47 Å². The van der Waals surface area contributed by atoms with Gasteiger partial charge in [0.2, 0.25) is 0 Å². The molecule has 1 aromatic heterocycles. The fourth-order valence-electron chi connectivity index (χ4n) is 4.28. The summed E-state index contributed by atoms with van der Waals surface area (Å²) in [5, 5.41) is 11.4. The van der Waals surface area contributed by atoms with E-state index < -0.39 is 17.7 Å². The molecule has 0 radical (unpaired) electrons. The summed E-state index contributed by atoms with van der Waals surface area (Å²) in [4.78, 5) is 32.1. The third-order valence-corrected chi connectivity index (χ3v) is 5.94. The average molecular weight is 485 g/mol. The molecule has 0 unspecified atom stereocenters. The number of hydrogen-bond donors (Lipinski definition) is 1. The van der Waals surface area contributed by atoms with Gasteiger partial charge in [0.25, 0.3) is 11.7 Å². The molecule has 2 heterocycles. The van der Waals surface area contributed by atoms with Gasteiger partial charge in [0, 0.05) is 24.5 Å². The number of aliphatic hydroxyl groups is 1. The molecule has 1 fully saturated rings. The van der Waals surface area contributed by atoms with Crippen LogP contribution in [0.5, 0.6) is 11.5 Å². The molecule has 1 aliphatic heterocycles. The van der Waals surface area contributed by atoms with Crippen molar-refractivity contribution in [3.05, 3.63) is 107 Å². The Bertz CT molecular complexity index is 1300. The first-order valence-corrected chi connectivity index (χ1v) is 11.7. The van der Waals surface area contributed by atoms with E-state index in [1.807, 2.05) is 19.9 Å². The highest BCUT2D eigenvalue weighted by atomic mass is 16.5. The zero-order valence-corrected chi connectivity index (χ0v) is 20.3. The topological polar surface area (TPSA) is 89.0 Å². The molecule has 0 saturated carbocycles.